The Morgan fingerprint density at radius 3 is 2.31 bits per heavy atom. The molecule has 5 aliphatic rings. The zero-order valence-corrected chi connectivity index (χ0v) is 16.4. The number of rotatable bonds is 2. The average molecular weight is 350 g/mol. The fraction of sp³-hybridized carbons (Fsp3) is 0.625. The second-order valence-corrected chi connectivity index (χ2v) is 10.5. The first-order chi connectivity index (χ1) is 12.3. The van der Waals surface area contributed by atoms with E-state index in [4.69, 9.17) is 0 Å². The standard InChI is InChI=1S/C24H31NO/c1-15-4-5-20-19(6-15)14-23(2,3)25-21(20)10-22(26)24-11-16-7-17(12-24)9-18(8-16)13-24/h4-6,10,16-18,25H,7-9,11-14H2,1-3H3/b21-10+. The van der Waals surface area contributed by atoms with Crippen molar-refractivity contribution in [2.75, 3.05) is 0 Å². The van der Waals surface area contributed by atoms with E-state index in [9.17, 15) is 4.79 Å². The number of ketones is 1. The SMILES string of the molecule is Cc1ccc2c(c1)CC(C)(C)N/C2=C/C(=O)C12CC3CC(CC(C3)C1)C2. The van der Waals surface area contributed by atoms with Crippen LogP contribution in [0.25, 0.3) is 5.70 Å². The topological polar surface area (TPSA) is 29.1 Å². The fourth-order valence-corrected chi connectivity index (χ4v) is 6.89. The predicted octanol–water partition coefficient (Wildman–Crippen LogP) is 5.05. The van der Waals surface area contributed by atoms with Gasteiger partial charge in [-0.05, 0) is 89.0 Å². The Bertz CT molecular complexity index is 765. The van der Waals surface area contributed by atoms with E-state index in [1.54, 1.807) is 0 Å². The third kappa shape index (κ3) is 2.64. The van der Waals surface area contributed by atoms with Gasteiger partial charge >= 0.3 is 0 Å². The summed E-state index contributed by atoms with van der Waals surface area (Å²) in [5, 5.41) is 3.67. The molecule has 6 rings (SSSR count). The van der Waals surface area contributed by atoms with Crippen molar-refractivity contribution < 1.29 is 4.79 Å². The lowest BCUT2D eigenvalue weighted by molar-refractivity contribution is -0.138. The summed E-state index contributed by atoms with van der Waals surface area (Å²) in [6, 6.07) is 6.66. The minimum atomic E-state index is -0.0458. The van der Waals surface area contributed by atoms with Crippen molar-refractivity contribution in [3.63, 3.8) is 0 Å². The Labute approximate surface area is 157 Å². The van der Waals surface area contributed by atoms with Crippen LogP contribution < -0.4 is 5.32 Å². The van der Waals surface area contributed by atoms with Crippen molar-refractivity contribution in [3.05, 3.63) is 41.0 Å². The summed E-state index contributed by atoms with van der Waals surface area (Å²) < 4.78 is 0. The largest absolute Gasteiger partial charge is 0.379 e. The molecule has 26 heavy (non-hydrogen) atoms. The molecule has 0 amide bonds. The quantitative estimate of drug-likeness (QED) is 0.757. The smallest absolute Gasteiger partial charge is 0.163 e. The normalized spacial score (nSPS) is 38.1. The minimum absolute atomic E-state index is 0.00558. The highest BCUT2D eigenvalue weighted by atomic mass is 16.1. The summed E-state index contributed by atoms with van der Waals surface area (Å²) in [7, 11) is 0. The van der Waals surface area contributed by atoms with Crippen molar-refractivity contribution in [2.24, 2.45) is 23.2 Å². The Kier molecular flexibility index (Phi) is 3.49. The maximum absolute atomic E-state index is 13.5. The molecule has 0 saturated heterocycles. The molecule has 1 aliphatic heterocycles. The van der Waals surface area contributed by atoms with Crippen LogP contribution in [0.15, 0.2) is 24.3 Å². The van der Waals surface area contributed by atoms with Gasteiger partial charge in [0.05, 0.1) is 0 Å². The predicted molar refractivity (Wildman–Crippen MR) is 106 cm³/mol. The van der Waals surface area contributed by atoms with E-state index in [0.717, 1.165) is 49.1 Å². The summed E-state index contributed by atoms with van der Waals surface area (Å²) in [5.41, 5.74) is 4.90. The third-order valence-corrected chi connectivity index (χ3v) is 7.49. The van der Waals surface area contributed by atoms with E-state index in [2.05, 4.69) is 44.3 Å². The van der Waals surface area contributed by atoms with Crippen LogP contribution in [0.4, 0.5) is 0 Å². The molecule has 0 spiro atoms. The highest BCUT2D eigenvalue weighted by molar-refractivity contribution is 6.01. The zero-order valence-electron chi connectivity index (χ0n) is 16.4. The highest BCUT2D eigenvalue weighted by Gasteiger charge is 2.53. The number of allylic oxidation sites excluding steroid dienone is 1. The molecule has 0 atom stereocenters. The minimum Gasteiger partial charge on any atom is -0.379 e. The fourth-order valence-electron chi connectivity index (χ4n) is 6.89. The van der Waals surface area contributed by atoms with Gasteiger partial charge in [0.2, 0.25) is 0 Å². The van der Waals surface area contributed by atoms with E-state index in [-0.39, 0.29) is 11.0 Å². The molecule has 0 radical (unpaired) electrons. The van der Waals surface area contributed by atoms with Crippen LogP contribution in [-0.4, -0.2) is 11.3 Å². The van der Waals surface area contributed by atoms with E-state index in [1.165, 1.54) is 36.0 Å². The molecule has 1 N–H and O–H groups in total. The number of carbonyl (C=O) groups is 1. The van der Waals surface area contributed by atoms with Crippen molar-refractivity contribution in [3.8, 4) is 0 Å². The van der Waals surface area contributed by atoms with Gasteiger partial charge in [0.25, 0.3) is 0 Å². The van der Waals surface area contributed by atoms with Gasteiger partial charge in [0.15, 0.2) is 5.78 Å². The Morgan fingerprint density at radius 1 is 1.08 bits per heavy atom. The average Bonchev–Trinajstić information content (AvgIpc) is 2.51. The van der Waals surface area contributed by atoms with Crippen LogP contribution in [0, 0.1) is 30.1 Å². The molecule has 4 bridgehead atoms. The second kappa shape index (κ2) is 5.47. The first-order valence-electron chi connectivity index (χ1n) is 10.5. The van der Waals surface area contributed by atoms with Crippen LogP contribution in [0.3, 0.4) is 0 Å². The maximum Gasteiger partial charge on any atom is 0.163 e. The van der Waals surface area contributed by atoms with E-state index in [1.807, 2.05) is 6.08 Å². The molecule has 1 heterocycles. The lowest BCUT2D eigenvalue weighted by Gasteiger charge is -2.55. The van der Waals surface area contributed by atoms with Gasteiger partial charge in [-0.15, -0.1) is 0 Å². The van der Waals surface area contributed by atoms with Gasteiger partial charge in [-0.3, -0.25) is 4.79 Å². The Hall–Kier alpha value is -1.57. The van der Waals surface area contributed by atoms with E-state index in [0.29, 0.717) is 5.78 Å². The van der Waals surface area contributed by atoms with Crippen LogP contribution in [-0.2, 0) is 11.2 Å². The lowest BCUT2D eigenvalue weighted by Crippen LogP contribution is -2.50. The summed E-state index contributed by atoms with van der Waals surface area (Å²) in [4.78, 5) is 13.5. The summed E-state index contributed by atoms with van der Waals surface area (Å²) in [6.07, 6.45) is 10.6. The van der Waals surface area contributed by atoms with Crippen molar-refractivity contribution >= 4 is 11.5 Å². The van der Waals surface area contributed by atoms with Crippen LogP contribution in [0.2, 0.25) is 0 Å². The molecule has 1 aromatic carbocycles. The van der Waals surface area contributed by atoms with Crippen LogP contribution >= 0.6 is 0 Å². The molecule has 2 heteroatoms. The molecule has 0 unspecified atom stereocenters. The van der Waals surface area contributed by atoms with E-state index < -0.39 is 0 Å². The first-order valence-corrected chi connectivity index (χ1v) is 10.5. The zero-order chi connectivity index (χ0) is 18.1. The number of aryl methyl sites for hydroxylation is 1. The number of nitrogens with one attached hydrogen (secondary N) is 1. The Morgan fingerprint density at radius 2 is 1.69 bits per heavy atom. The molecule has 138 valence electrons. The molecule has 4 saturated carbocycles. The van der Waals surface area contributed by atoms with Crippen LogP contribution in [0.5, 0.6) is 0 Å². The summed E-state index contributed by atoms with van der Waals surface area (Å²) in [5.74, 6) is 2.85. The van der Waals surface area contributed by atoms with Gasteiger partial charge in [0.1, 0.15) is 0 Å². The number of hydrogen-bond acceptors (Lipinski definition) is 2. The third-order valence-electron chi connectivity index (χ3n) is 7.49. The molecule has 4 fully saturated rings. The molecule has 1 aromatic rings. The van der Waals surface area contributed by atoms with Gasteiger partial charge in [-0.2, -0.15) is 0 Å². The van der Waals surface area contributed by atoms with E-state index >= 15 is 0 Å². The highest BCUT2D eigenvalue weighted by Crippen LogP contribution is 2.60. The number of carbonyl (C=O) groups excluding carboxylic acids is 1. The van der Waals surface area contributed by atoms with Crippen molar-refractivity contribution in [1.29, 1.82) is 0 Å². The van der Waals surface area contributed by atoms with Crippen molar-refractivity contribution in [2.45, 2.75) is 71.3 Å². The molecular formula is C24H31NO. The Balaban J connectivity index is 1.51. The van der Waals surface area contributed by atoms with Crippen molar-refractivity contribution in [1.82, 2.24) is 5.32 Å². The van der Waals surface area contributed by atoms with Gasteiger partial charge in [-0.1, -0.05) is 23.8 Å². The monoisotopic (exact) mass is 349 g/mol. The number of fused-ring (bicyclic) bond motifs is 1. The molecule has 2 nitrogen and oxygen atoms in total. The molecule has 4 aliphatic carbocycles. The van der Waals surface area contributed by atoms with Gasteiger partial charge < -0.3 is 5.32 Å². The molecular weight excluding hydrogens is 318 g/mol. The summed E-state index contributed by atoms with van der Waals surface area (Å²) >= 11 is 0. The van der Waals surface area contributed by atoms with Gasteiger partial charge in [0, 0.05) is 28.3 Å². The second-order valence-electron chi connectivity index (χ2n) is 10.5. The number of hydrogen-bond donors (Lipinski definition) is 1. The van der Waals surface area contributed by atoms with Crippen LogP contribution in [0.1, 0.15) is 69.1 Å². The first kappa shape index (κ1) is 16.6. The summed E-state index contributed by atoms with van der Waals surface area (Å²) in [6.45, 7) is 6.63. The van der Waals surface area contributed by atoms with Gasteiger partial charge in [-0.25, -0.2) is 0 Å². The lowest BCUT2D eigenvalue weighted by atomic mass is 9.48. The molecule has 0 aromatic heterocycles. The maximum atomic E-state index is 13.5. The number of benzene rings is 1.